The van der Waals surface area contributed by atoms with E-state index in [9.17, 15) is 14.0 Å². The lowest BCUT2D eigenvalue weighted by Gasteiger charge is -2.09. The Hall–Kier alpha value is -2.41. The molecule has 0 spiro atoms. The second kappa shape index (κ2) is 8.08. The molecule has 0 fully saturated rings. The average molecular weight is 424 g/mol. The number of hydrogen-bond donors (Lipinski definition) is 1. The lowest BCUT2D eigenvalue weighted by atomic mass is 10.0. The average Bonchev–Trinajstić information content (AvgIpc) is 3.05. The fourth-order valence-electron chi connectivity index (χ4n) is 2.48. The van der Waals surface area contributed by atoms with Gasteiger partial charge in [0.2, 0.25) is 0 Å². The minimum absolute atomic E-state index is 0.105. The van der Waals surface area contributed by atoms with E-state index in [0.717, 1.165) is 11.3 Å². The first-order valence-electron chi connectivity index (χ1n) is 7.63. The van der Waals surface area contributed by atoms with Crippen molar-refractivity contribution >= 4 is 51.4 Å². The minimum Gasteiger partial charge on any atom is -0.465 e. The van der Waals surface area contributed by atoms with E-state index >= 15 is 0 Å². The maximum Gasteiger partial charge on any atom is 0.341 e. The van der Waals surface area contributed by atoms with Gasteiger partial charge in [-0.05, 0) is 29.8 Å². The van der Waals surface area contributed by atoms with Crippen molar-refractivity contribution in [1.82, 2.24) is 0 Å². The molecular formula is C19H12Cl2FNO3S. The SMILES string of the molecule is COC(=O)c1c(-c2ccc(F)cc2)csc1NC(=O)c1c(Cl)cccc1Cl. The molecule has 2 aromatic carbocycles. The van der Waals surface area contributed by atoms with E-state index in [-0.39, 0.29) is 26.2 Å². The largest absolute Gasteiger partial charge is 0.465 e. The van der Waals surface area contributed by atoms with Gasteiger partial charge in [0.15, 0.2) is 0 Å². The van der Waals surface area contributed by atoms with E-state index in [1.807, 2.05) is 0 Å². The molecule has 0 saturated carbocycles. The van der Waals surface area contributed by atoms with E-state index in [1.54, 1.807) is 35.7 Å². The van der Waals surface area contributed by atoms with Crippen LogP contribution in [-0.4, -0.2) is 19.0 Å². The predicted molar refractivity (Wildman–Crippen MR) is 105 cm³/mol. The van der Waals surface area contributed by atoms with Gasteiger partial charge >= 0.3 is 5.97 Å². The molecule has 4 nitrogen and oxygen atoms in total. The van der Waals surface area contributed by atoms with Crippen molar-refractivity contribution in [2.75, 3.05) is 12.4 Å². The molecule has 27 heavy (non-hydrogen) atoms. The van der Waals surface area contributed by atoms with Crippen LogP contribution in [0.2, 0.25) is 10.0 Å². The van der Waals surface area contributed by atoms with Gasteiger partial charge in [-0.2, -0.15) is 0 Å². The third-order valence-corrected chi connectivity index (χ3v) is 5.28. The van der Waals surface area contributed by atoms with Gasteiger partial charge in [0, 0.05) is 10.9 Å². The Morgan fingerprint density at radius 2 is 1.67 bits per heavy atom. The van der Waals surface area contributed by atoms with Gasteiger partial charge in [0.05, 0.1) is 22.7 Å². The van der Waals surface area contributed by atoms with Crippen LogP contribution in [0.3, 0.4) is 0 Å². The first-order valence-corrected chi connectivity index (χ1v) is 9.27. The topological polar surface area (TPSA) is 55.4 Å². The minimum atomic E-state index is -0.629. The van der Waals surface area contributed by atoms with Gasteiger partial charge in [-0.1, -0.05) is 41.4 Å². The number of nitrogens with one attached hydrogen (secondary N) is 1. The van der Waals surface area contributed by atoms with Gasteiger partial charge in [-0.15, -0.1) is 11.3 Å². The summed E-state index contributed by atoms with van der Waals surface area (Å²) in [4.78, 5) is 24.9. The number of halogens is 3. The van der Waals surface area contributed by atoms with Crippen LogP contribution in [0.5, 0.6) is 0 Å². The molecule has 8 heteroatoms. The summed E-state index contributed by atoms with van der Waals surface area (Å²) in [5.41, 5.74) is 1.41. The normalized spacial score (nSPS) is 10.5. The van der Waals surface area contributed by atoms with Crippen molar-refractivity contribution in [3.05, 3.63) is 74.8 Å². The van der Waals surface area contributed by atoms with Crippen LogP contribution in [0.1, 0.15) is 20.7 Å². The predicted octanol–water partition coefficient (Wildman–Crippen LogP) is 5.90. The Bertz CT molecular complexity index is 998. The molecule has 1 heterocycles. The maximum atomic E-state index is 13.2. The number of methoxy groups -OCH3 is 1. The Labute approximate surface area is 168 Å². The lowest BCUT2D eigenvalue weighted by Crippen LogP contribution is -2.15. The number of hydrogen-bond acceptors (Lipinski definition) is 4. The van der Waals surface area contributed by atoms with Crippen LogP contribution in [-0.2, 0) is 4.74 Å². The Morgan fingerprint density at radius 3 is 2.26 bits per heavy atom. The second-order valence-electron chi connectivity index (χ2n) is 5.40. The molecule has 3 rings (SSSR count). The standard InChI is InChI=1S/C19H12Cl2FNO3S/c1-26-19(25)15-12(10-5-7-11(22)8-6-10)9-27-18(15)23-17(24)16-13(20)3-2-4-14(16)21/h2-9H,1H3,(H,23,24). The highest BCUT2D eigenvalue weighted by Gasteiger charge is 2.24. The van der Waals surface area contributed by atoms with Gasteiger partial charge in [0.1, 0.15) is 16.4 Å². The zero-order valence-corrected chi connectivity index (χ0v) is 16.2. The molecule has 3 aromatic rings. The summed E-state index contributed by atoms with van der Waals surface area (Å²) < 4.78 is 18.0. The quantitative estimate of drug-likeness (QED) is 0.531. The number of thiophene rings is 1. The molecule has 0 bridgehead atoms. The third kappa shape index (κ3) is 3.98. The van der Waals surface area contributed by atoms with Crippen molar-refractivity contribution in [2.45, 2.75) is 0 Å². The van der Waals surface area contributed by atoms with Gasteiger partial charge in [-0.3, -0.25) is 4.79 Å². The van der Waals surface area contributed by atoms with Crippen molar-refractivity contribution < 1.29 is 18.7 Å². The van der Waals surface area contributed by atoms with Gasteiger partial charge in [-0.25, -0.2) is 9.18 Å². The molecule has 0 radical (unpaired) electrons. The zero-order chi connectivity index (χ0) is 19.6. The van der Waals surface area contributed by atoms with Crippen LogP contribution < -0.4 is 5.32 Å². The summed E-state index contributed by atoms with van der Waals surface area (Å²) in [6.45, 7) is 0. The first kappa shape index (κ1) is 19.4. The van der Waals surface area contributed by atoms with Crippen LogP contribution in [0.15, 0.2) is 47.8 Å². The highest BCUT2D eigenvalue weighted by Crippen LogP contribution is 2.37. The number of amides is 1. The molecule has 0 aliphatic heterocycles. The van der Waals surface area contributed by atoms with E-state index in [1.165, 1.54) is 19.2 Å². The van der Waals surface area contributed by atoms with E-state index < -0.39 is 17.7 Å². The van der Waals surface area contributed by atoms with E-state index in [2.05, 4.69) is 5.32 Å². The maximum absolute atomic E-state index is 13.2. The van der Waals surface area contributed by atoms with Gasteiger partial charge in [0.25, 0.3) is 5.91 Å². The van der Waals surface area contributed by atoms with Crippen molar-refractivity contribution in [1.29, 1.82) is 0 Å². The molecule has 0 saturated heterocycles. The number of carbonyl (C=O) groups is 2. The van der Waals surface area contributed by atoms with Crippen molar-refractivity contribution in [3.8, 4) is 11.1 Å². The first-order chi connectivity index (χ1) is 12.9. The third-order valence-electron chi connectivity index (χ3n) is 3.75. The van der Waals surface area contributed by atoms with Crippen LogP contribution >= 0.6 is 34.5 Å². The molecule has 0 aliphatic rings. The highest BCUT2D eigenvalue weighted by atomic mass is 35.5. The molecule has 1 N–H and O–H groups in total. The summed E-state index contributed by atoms with van der Waals surface area (Å²) >= 11 is 13.3. The number of rotatable bonds is 4. The van der Waals surface area contributed by atoms with Crippen LogP contribution in [0, 0.1) is 5.82 Å². The lowest BCUT2D eigenvalue weighted by molar-refractivity contribution is 0.0603. The fraction of sp³-hybridized carbons (Fsp3) is 0.0526. The van der Waals surface area contributed by atoms with Crippen LogP contribution in [0.4, 0.5) is 9.39 Å². The summed E-state index contributed by atoms with van der Waals surface area (Å²) in [5, 5.41) is 5.00. The second-order valence-corrected chi connectivity index (χ2v) is 7.10. The number of benzene rings is 2. The molecule has 1 amide bonds. The molecule has 1 aromatic heterocycles. The monoisotopic (exact) mass is 423 g/mol. The Balaban J connectivity index is 2.02. The fourth-order valence-corrected chi connectivity index (χ4v) is 4.00. The number of ether oxygens (including phenoxy) is 1. The summed E-state index contributed by atoms with van der Waals surface area (Å²) in [5.74, 6) is -1.57. The highest BCUT2D eigenvalue weighted by molar-refractivity contribution is 7.15. The Morgan fingerprint density at radius 1 is 1.04 bits per heavy atom. The molecule has 138 valence electrons. The molecular weight excluding hydrogens is 412 g/mol. The zero-order valence-electron chi connectivity index (χ0n) is 13.9. The van der Waals surface area contributed by atoms with E-state index in [0.29, 0.717) is 11.1 Å². The summed E-state index contributed by atoms with van der Waals surface area (Å²) in [6, 6.07) is 10.4. The molecule has 0 atom stereocenters. The summed E-state index contributed by atoms with van der Waals surface area (Å²) in [7, 11) is 1.24. The van der Waals surface area contributed by atoms with Crippen LogP contribution in [0.25, 0.3) is 11.1 Å². The Kier molecular flexibility index (Phi) is 5.79. The van der Waals surface area contributed by atoms with Crippen molar-refractivity contribution in [3.63, 3.8) is 0 Å². The number of anilines is 1. The number of carbonyl (C=O) groups excluding carboxylic acids is 2. The molecule has 0 unspecified atom stereocenters. The van der Waals surface area contributed by atoms with Gasteiger partial charge < -0.3 is 10.1 Å². The molecule has 0 aliphatic carbocycles. The smallest absolute Gasteiger partial charge is 0.341 e. The number of esters is 1. The summed E-state index contributed by atoms with van der Waals surface area (Å²) in [6.07, 6.45) is 0. The van der Waals surface area contributed by atoms with Crippen molar-refractivity contribution in [2.24, 2.45) is 0 Å². The van der Waals surface area contributed by atoms with E-state index in [4.69, 9.17) is 27.9 Å².